The van der Waals surface area contributed by atoms with Gasteiger partial charge in [0.1, 0.15) is 0 Å². The number of rotatable bonds is 4. The molecule has 0 atom stereocenters. The molecule has 0 aliphatic carbocycles. The van der Waals surface area contributed by atoms with Crippen LogP contribution in [0, 0.1) is 46.4 Å². The fourth-order valence-electron chi connectivity index (χ4n) is 6.11. The standard InChI is InChI=1S/C29H21N2O.C19H16N.Ir/c1-17-7-9-20-10-11-21(14-22(20)13-17)26-15-27(30-16-18(26)2)25-6-4-5-23-24-12-8-19(3)31-29(24)32-28(23)25;1-14-8-11-19(20-13-14)17-10-9-15(2)18(12-17)16-6-4-3-5-7-16;/h4-5,7-16H,1-3H3;3-9,11-13H,1-2H3;/q2*-1;/i1D3,2D3,3D3;1D3,2D3;. The van der Waals surface area contributed by atoms with Crippen molar-refractivity contribution in [3.05, 3.63) is 174 Å². The Labute approximate surface area is 345 Å². The summed E-state index contributed by atoms with van der Waals surface area (Å²) in [6.07, 6.45) is 2.62. The van der Waals surface area contributed by atoms with Gasteiger partial charge >= 0.3 is 0 Å². The van der Waals surface area contributed by atoms with Gasteiger partial charge in [-0.15, -0.1) is 47.5 Å². The Bertz CT molecular complexity index is 3280. The molecule has 5 aromatic carbocycles. The summed E-state index contributed by atoms with van der Waals surface area (Å²) in [4.78, 5) is 12.9. The predicted molar refractivity (Wildman–Crippen MR) is 214 cm³/mol. The third kappa shape index (κ3) is 7.32. The summed E-state index contributed by atoms with van der Waals surface area (Å²) >= 11 is 0. The van der Waals surface area contributed by atoms with Crippen LogP contribution in [0.5, 0.6) is 0 Å². The van der Waals surface area contributed by atoms with E-state index in [-0.39, 0.29) is 53.8 Å². The predicted octanol–water partition coefficient (Wildman–Crippen LogP) is 12.4. The molecule has 0 saturated heterocycles. The normalized spacial score (nSPS) is 16.3. The first-order valence-corrected chi connectivity index (χ1v) is 16.2. The average Bonchev–Trinajstić information content (AvgIpc) is 3.66. The Kier molecular flexibility index (Phi) is 6.18. The summed E-state index contributed by atoms with van der Waals surface area (Å²) < 4.78 is 122. The maximum absolute atomic E-state index is 8.13. The van der Waals surface area contributed by atoms with Crippen molar-refractivity contribution in [3.63, 3.8) is 0 Å². The zero-order valence-corrected chi connectivity index (χ0v) is 30.2. The number of fused-ring (bicyclic) bond motifs is 4. The first-order valence-electron chi connectivity index (χ1n) is 23.7. The number of furan rings is 1. The van der Waals surface area contributed by atoms with E-state index >= 15 is 0 Å². The van der Waals surface area contributed by atoms with Crippen molar-refractivity contribution in [2.24, 2.45) is 0 Å². The Balaban J connectivity index is 0.000000219. The minimum atomic E-state index is -2.47. The molecule has 0 N–H and O–H groups in total. The molecular weight excluding hydrogens is 827 g/mol. The van der Waals surface area contributed by atoms with Crippen molar-refractivity contribution in [2.45, 2.75) is 34.3 Å². The molecule has 4 nitrogen and oxygen atoms in total. The molecule has 9 rings (SSSR count). The van der Waals surface area contributed by atoms with Crippen LogP contribution >= 0.6 is 0 Å². The van der Waals surface area contributed by atoms with E-state index in [9.17, 15) is 0 Å². The van der Waals surface area contributed by atoms with Gasteiger partial charge in [0.25, 0.3) is 0 Å². The number of hydrogen-bond donors (Lipinski definition) is 0. The quantitative estimate of drug-likeness (QED) is 0.165. The van der Waals surface area contributed by atoms with Gasteiger partial charge < -0.3 is 14.4 Å². The Morgan fingerprint density at radius 1 is 0.604 bits per heavy atom. The molecule has 53 heavy (non-hydrogen) atoms. The number of hydrogen-bond acceptors (Lipinski definition) is 4. The molecule has 0 bridgehead atoms. The summed E-state index contributed by atoms with van der Waals surface area (Å²) in [7, 11) is 0. The van der Waals surface area contributed by atoms with Gasteiger partial charge in [-0.1, -0.05) is 108 Å². The fourth-order valence-corrected chi connectivity index (χ4v) is 6.11. The number of aryl methyl sites for hydroxylation is 5. The van der Waals surface area contributed by atoms with Crippen molar-refractivity contribution >= 4 is 32.8 Å². The van der Waals surface area contributed by atoms with E-state index in [2.05, 4.69) is 27.1 Å². The smallest absolute Gasteiger partial charge is 0.216 e. The van der Waals surface area contributed by atoms with Crippen molar-refractivity contribution in [3.8, 4) is 44.8 Å². The topological polar surface area (TPSA) is 51.8 Å². The Morgan fingerprint density at radius 3 is 2.25 bits per heavy atom. The molecule has 0 aliphatic rings. The van der Waals surface area contributed by atoms with E-state index in [0.717, 1.165) is 10.9 Å². The molecule has 0 fully saturated rings. The van der Waals surface area contributed by atoms with Crippen molar-refractivity contribution < 1.29 is 45.1 Å². The minimum Gasteiger partial charge on any atom is -0.486 e. The third-order valence-corrected chi connectivity index (χ3v) is 8.68. The third-order valence-electron chi connectivity index (χ3n) is 8.68. The number of aromatic nitrogens is 3. The molecule has 5 heteroatoms. The Hall–Kier alpha value is -5.74. The zero-order chi connectivity index (χ0) is 48.3. The molecule has 1 radical (unpaired) electrons. The second-order valence-electron chi connectivity index (χ2n) is 12.1. The first kappa shape index (κ1) is 21.7. The zero-order valence-electron chi connectivity index (χ0n) is 42.8. The maximum Gasteiger partial charge on any atom is 0.216 e. The summed E-state index contributed by atoms with van der Waals surface area (Å²) in [5.74, 6) is 0. The second kappa shape index (κ2) is 15.1. The van der Waals surface area contributed by atoms with E-state index in [0.29, 0.717) is 60.9 Å². The molecule has 0 spiro atoms. The number of benzene rings is 5. The van der Waals surface area contributed by atoms with Gasteiger partial charge in [-0.3, -0.25) is 0 Å². The summed E-state index contributed by atoms with van der Waals surface area (Å²) in [5, 5.41) is 2.79. The maximum atomic E-state index is 8.13. The van der Waals surface area contributed by atoms with Crippen LogP contribution in [0.25, 0.3) is 77.6 Å². The van der Waals surface area contributed by atoms with E-state index in [1.807, 2.05) is 36.4 Å². The van der Waals surface area contributed by atoms with Gasteiger partial charge in [-0.2, -0.15) is 0 Å². The SMILES string of the molecule is [2H]C([2H])([2H])c1ccc(-c2[c-]cc(C([2H])([2H])[2H])c(-c3ccccc3)c2)nc1.[2H]C([2H])([2H])c1ccc2ccc(-c3cc(-c4[c-]ccc5c4oc4nc(C([2H])([2H])[2H])ccc45)ncc3C([2H])([2H])[2H])cc2c1.[Ir]. The van der Waals surface area contributed by atoms with E-state index in [1.54, 1.807) is 66.7 Å². The number of nitrogens with zero attached hydrogens (tertiary/aromatic N) is 3. The van der Waals surface area contributed by atoms with Crippen molar-refractivity contribution in [1.82, 2.24) is 15.0 Å². The van der Waals surface area contributed by atoms with E-state index in [4.69, 9.17) is 25.0 Å². The van der Waals surface area contributed by atoms with Crippen LogP contribution in [0.4, 0.5) is 0 Å². The van der Waals surface area contributed by atoms with Gasteiger partial charge in [-0.05, 0) is 95.6 Å². The van der Waals surface area contributed by atoms with E-state index < -0.39 is 34.3 Å². The molecule has 0 aliphatic heterocycles. The van der Waals surface area contributed by atoms with Crippen molar-refractivity contribution in [1.29, 1.82) is 0 Å². The summed E-state index contributed by atoms with van der Waals surface area (Å²) in [6, 6.07) is 40.1. The van der Waals surface area contributed by atoms with Crippen LogP contribution in [0.2, 0.25) is 0 Å². The summed E-state index contributed by atoms with van der Waals surface area (Å²) in [6.45, 7) is -11.6. The second-order valence-corrected chi connectivity index (χ2v) is 12.1. The van der Waals surface area contributed by atoms with Gasteiger partial charge in [0.2, 0.25) is 5.71 Å². The van der Waals surface area contributed by atoms with Crippen LogP contribution in [-0.4, -0.2) is 15.0 Å². The van der Waals surface area contributed by atoms with Crippen LogP contribution in [0.1, 0.15) is 48.5 Å². The molecule has 261 valence electrons. The molecule has 0 saturated carbocycles. The van der Waals surface area contributed by atoms with Gasteiger partial charge in [0, 0.05) is 64.1 Å². The van der Waals surface area contributed by atoms with Gasteiger partial charge in [0.05, 0.1) is 5.58 Å². The van der Waals surface area contributed by atoms with Crippen LogP contribution in [0.15, 0.2) is 138 Å². The van der Waals surface area contributed by atoms with Crippen molar-refractivity contribution in [2.75, 3.05) is 0 Å². The fraction of sp³-hybridized carbons (Fsp3) is 0.104. The first-order chi connectivity index (χ1) is 31.4. The molecule has 4 aromatic heterocycles. The average molecular weight is 879 g/mol. The summed E-state index contributed by atoms with van der Waals surface area (Å²) in [5.41, 5.74) is 5.40. The molecular formula is C48H37IrN3O-2. The minimum absolute atomic E-state index is 0. The van der Waals surface area contributed by atoms with E-state index in [1.165, 1.54) is 30.6 Å². The van der Waals surface area contributed by atoms with Crippen LogP contribution < -0.4 is 0 Å². The Morgan fingerprint density at radius 2 is 1.43 bits per heavy atom. The molecule has 9 aromatic rings. The van der Waals surface area contributed by atoms with Gasteiger partial charge in [0.15, 0.2) is 0 Å². The molecule has 0 unspecified atom stereocenters. The van der Waals surface area contributed by atoms with Gasteiger partial charge in [-0.25, -0.2) is 4.98 Å². The molecule has 0 amide bonds. The van der Waals surface area contributed by atoms with Crippen LogP contribution in [-0.2, 0) is 20.1 Å². The number of pyridine rings is 3. The monoisotopic (exact) mass is 879 g/mol. The van der Waals surface area contributed by atoms with Crippen LogP contribution in [0.3, 0.4) is 0 Å². The largest absolute Gasteiger partial charge is 0.486 e. The molecule has 4 heterocycles.